The van der Waals surface area contributed by atoms with Gasteiger partial charge in [0, 0.05) is 11.0 Å². The van der Waals surface area contributed by atoms with E-state index in [4.69, 9.17) is 4.74 Å². The van der Waals surface area contributed by atoms with E-state index in [-0.39, 0.29) is 5.97 Å². The van der Waals surface area contributed by atoms with Gasteiger partial charge in [-0.15, -0.1) is 0 Å². The fourth-order valence-corrected chi connectivity index (χ4v) is 1.68. The molecule has 0 spiro atoms. The molecular formula is C12H16BrNO2. The third-order valence-electron chi connectivity index (χ3n) is 2.04. The van der Waals surface area contributed by atoms with Crippen LogP contribution in [-0.4, -0.2) is 19.1 Å². The van der Waals surface area contributed by atoms with Crippen molar-refractivity contribution in [2.45, 2.75) is 20.0 Å². The van der Waals surface area contributed by atoms with E-state index in [0.29, 0.717) is 19.6 Å². The van der Waals surface area contributed by atoms with E-state index >= 15 is 0 Å². The number of halogens is 1. The van der Waals surface area contributed by atoms with Crippen LogP contribution in [0, 0.1) is 0 Å². The fraction of sp³-hybridized carbons (Fsp3) is 0.417. The molecule has 16 heavy (non-hydrogen) atoms. The van der Waals surface area contributed by atoms with Crippen LogP contribution in [0.3, 0.4) is 0 Å². The zero-order valence-corrected chi connectivity index (χ0v) is 10.9. The minimum Gasteiger partial charge on any atom is -0.461 e. The normalized spacial score (nSPS) is 10.1. The molecule has 4 heteroatoms. The number of nitrogens with one attached hydrogen (secondary N) is 1. The van der Waals surface area contributed by atoms with E-state index in [9.17, 15) is 4.79 Å². The van der Waals surface area contributed by atoms with Gasteiger partial charge < -0.3 is 10.1 Å². The highest BCUT2D eigenvalue weighted by Crippen LogP contribution is 2.12. The van der Waals surface area contributed by atoms with E-state index < -0.39 is 0 Å². The van der Waals surface area contributed by atoms with Crippen molar-refractivity contribution < 1.29 is 9.53 Å². The van der Waals surface area contributed by atoms with Crippen LogP contribution in [0.4, 0.5) is 0 Å². The van der Waals surface area contributed by atoms with Crippen LogP contribution in [0.2, 0.25) is 0 Å². The van der Waals surface area contributed by atoms with Crippen LogP contribution >= 0.6 is 15.9 Å². The second kappa shape index (κ2) is 7.41. The molecule has 1 aromatic carbocycles. The smallest absolute Gasteiger partial charge is 0.307 e. The molecule has 0 amide bonds. The van der Waals surface area contributed by atoms with Crippen molar-refractivity contribution in [1.82, 2.24) is 5.32 Å². The van der Waals surface area contributed by atoms with Crippen LogP contribution in [0.25, 0.3) is 0 Å². The molecule has 0 aliphatic carbocycles. The standard InChI is InChI=1S/C12H16BrNO2/c1-2-14-7-6-12(15)16-9-10-4-3-5-11(13)8-10/h3-5,8,14H,2,6-7,9H2,1H3. The predicted molar refractivity (Wildman–Crippen MR) is 67.1 cm³/mol. The Morgan fingerprint density at radius 1 is 1.50 bits per heavy atom. The first-order valence-electron chi connectivity index (χ1n) is 5.33. The van der Waals surface area contributed by atoms with E-state index in [1.165, 1.54) is 0 Å². The molecular weight excluding hydrogens is 270 g/mol. The maximum atomic E-state index is 11.3. The van der Waals surface area contributed by atoms with Gasteiger partial charge in [-0.3, -0.25) is 4.79 Å². The summed E-state index contributed by atoms with van der Waals surface area (Å²) in [5, 5.41) is 3.08. The summed E-state index contributed by atoms with van der Waals surface area (Å²) in [6.45, 7) is 3.89. The first-order valence-corrected chi connectivity index (χ1v) is 6.12. The lowest BCUT2D eigenvalue weighted by molar-refractivity contribution is -0.144. The quantitative estimate of drug-likeness (QED) is 0.645. The SMILES string of the molecule is CCNCCC(=O)OCc1cccc(Br)c1. The van der Waals surface area contributed by atoms with E-state index in [1.807, 2.05) is 31.2 Å². The molecule has 0 saturated carbocycles. The molecule has 1 N–H and O–H groups in total. The van der Waals surface area contributed by atoms with Crippen molar-refractivity contribution in [3.8, 4) is 0 Å². The average Bonchev–Trinajstić information content (AvgIpc) is 2.27. The lowest BCUT2D eigenvalue weighted by Gasteiger charge is -2.05. The molecule has 0 fully saturated rings. The summed E-state index contributed by atoms with van der Waals surface area (Å²) in [5.74, 6) is -0.166. The van der Waals surface area contributed by atoms with Crippen LogP contribution in [0.15, 0.2) is 28.7 Å². The first kappa shape index (κ1) is 13.2. The topological polar surface area (TPSA) is 38.3 Å². The molecule has 0 heterocycles. The van der Waals surface area contributed by atoms with Crippen LogP contribution in [-0.2, 0) is 16.1 Å². The fourth-order valence-electron chi connectivity index (χ4n) is 1.23. The molecule has 0 aliphatic rings. The Bertz CT molecular complexity index is 342. The van der Waals surface area contributed by atoms with Crippen molar-refractivity contribution in [2.24, 2.45) is 0 Å². The van der Waals surface area contributed by atoms with Crippen molar-refractivity contribution in [1.29, 1.82) is 0 Å². The molecule has 0 radical (unpaired) electrons. The van der Waals surface area contributed by atoms with E-state index in [2.05, 4.69) is 21.2 Å². The number of hydrogen-bond acceptors (Lipinski definition) is 3. The summed E-state index contributed by atoms with van der Waals surface area (Å²) in [5.41, 5.74) is 0.992. The summed E-state index contributed by atoms with van der Waals surface area (Å²) >= 11 is 3.37. The number of hydrogen-bond donors (Lipinski definition) is 1. The zero-order valence-electron chi connectivity index (χ0n) is 9.33. The second-order valence-electron chi connectivity index (χ2n) is 3.39. The van der Waals surface area contributed by atoms with Crippen molar-refractivity contribution in [3.05, 3.63) is 34.3 Å². The van der Waals surface area contributed by atoms with Crippen molar-refractivity contribution >= 4 is 21.9 Å². The molecule has 0 aliphatic heterocycles. The molecule has 0 atom stereocenters. The second-order valence-corrected chi connectivity index (χ2v) is 4.31. The largest absolute Gasteiger partial charge is 0.461 e. The van der Waals surface area contributed by atoms with Crippen LogP contribution in [0.1, 0.15) is 18.9 Å². The highest BCUT2D eigenvalue weighted by Gasteiger charge is 2.02. The van der Waals surface area contributed by atoms with Gasteiger partial charge in [0.2, 0.25) is 0 Å². The van der Waals surface area contributed by atoms with Gasteiger partial charge in [-0.25, -0.2) is 0 Å². The summed E-state index contributed by atoms with van der Waals surface area (Å²) in [7, 11) is 0. The van der Waals surface area contributed by atoms with Gasteiger partial charge in [0.25, 0.3) is 0 Å². The molecule has 1 aromatic rings. The number of carbonyl (C=O) groups excluding carboxylic acids is 1. The first-order chi connectivity index (χ1) is 7.72. The number of esters is 1. The van der Waals surface area contributed by atoms with Gasteiger partial charge in [0.15, 0.2) is 0 Å². The molecule has 3 nitrogen and oxygen atoms in total. The summed E-state index contributed by atoms with van der Waals surface area (Å²) in [4.78, 5) is 11.3. The Labute approximate surface area is 104 Å². The molecule has 0 aromatic heterocycles. The van der Waals surface area contributed by atoms with Gasteiger partial charge in [-0.05, 0) is 24.2 Å². The van der Waals surface area contributed by atoms with Gasteiger partial charge in [0.05, 0.1) is 6.42 Å². The lowest BCUT2D eigenvalue weighted by atomic mass is 10.2. The number of rotatable bonds is 6. The number of ether oxygens (including phenoxy) is 1. The highest BCUT2D eigenvalue weighted by atomic mass is 79.9. The van der Waals surface area contributed by atoms with Crippen LogP contribution < -0.4 is 5.32 Å². The predicted octanol–water partition coefficient (Wildman–Crippen LogP) is 2.49. The lowest BCUT2D eigenvalue weighted by Crippen LogP contribution is -2.18. The monoisotopic (exact) mass is 285 g/mol. The molecule has 0 unspecified atom stereocenters. The Morgan fingerprint density at radius 3 is 3.00 bits per heavy atom. The highest BCUT2D eigenvalue weighted by molar-refractivity contribution is 9.10. The molecule has 1 rings (SSSR count). The summed E-state index contributed by atoms with van der Waals surface area (Å²) < 4.78 is 6.12. The Morgan fingerprint density at radius 2 is 2.31 bits per heavy atom. The zero-order chi connectivity index (χ0) is 11.8. The molecule has 0 bridgehead atoms. The third-order valence-corrected chi connectivity index (χ3v) is 2.54. The Kier molecular flexibility index (Phi) is 6.11. The minimum atomic E-state index is -0.166. The van der Waals surface area contributed by atoms with Gasteiger partial charge in [-0.1, -0.05) is 35.0 Å². The maximum Gasteiger partial charge on any atom is 0.307 e. The Hall–Kier alpha value is -0.870. The maximum absolute atomic E-state index is 11.3. The van der Waals surface area contributed by atoms with Gasteiger partial charge in [-0.2, -0.15) is 0 Å². The minimum absolute atomic E-state index is 0.166. The summed E-state index contributed by atoms with van der Waals surface area (Å²) in [6.07, 6.45) is 0.418. The molecule has 88 valence electrons. The summed E-state index contributed by atoms with van der Waals surface area (Å²) in [6, 6.07) is 7.74. The average molecular weight is 286 g/mol. The number of carbonyl (C=O) groups is 1. The van der Waals surface area contributed by atoms with E-state index in [1.54, 1.807) is 0 Å². The number of benzene rings is 1. The van der Waals surface area contributed by atoms with Crippen LogP contribution in [0.5, 0.6) is 0 Å². The molecule has 0 saturated heterocycles. The Balaban J connectivity index is 2.26. The van der Waals surface area contributed by atoms with Gasteiger partial charge in [0.1, 0.15) is 6.61 Å². The van der Waals surface area contributed by atoms with Crippen molar-refractivity contribution in [2.75, 3.05) is 13.1 Å². The third kappa shape index (κ3) is 5.28. The van der Waals surface area contributed by atoms with Gasteiger partial charge >= 0.3 is 5.97 Å². The van der Waals surface area contributed by atoms with Crippen molar-refractivity contribution in [3.63, 3.8) is 0 Å². The van der Waals surface area contributed by atoms with E-state index in [0.717, 1.165) is 16.6 Å².